The summed E-state index contributed by atoms with van der Waals surface area (Å²) in [6.45, 7) is 5.77. The van der Waals surface area contributed by atoms with Crippen molar-refractivity contribution in [1.82, 2.24) is 10.3 Å². The van der Waals surface area contributed by atoms with Crippen molar-refractivity contribution in [1.29, 1.82) is 0 Å². The van der Waals surface area contributed by atoms with Gasteiger partial charge in [-0.15, -0.1) is 0 Å². The molecule has 4 saturated carbocycles. The second-order valence-corrected chi connectivity index (χ2v) is 8.59. The molecule has 1 aromatic heterocycles. The third kappa shape index (κ3) is 2.95. The van der Waals surface area contributed by atoms with Gasteiger partial charge in [-0.3, -0.25) is 0 Å². The van der Waals surface area contributed by atoms with Crippen LogP contribution in [0.25, 0.3) is 0 Å². The molecule has 0 aromatic carbocycles. The SMILES string of the molecule is CCOc1ccc(CNC(C)C23CC4CC(CC(O)(C4)C2)C3)cn1. The minimum atomic E-state index is -0.374. The molecule has 4 bridgehead atoms. The number of nitrogens with zero attached hydrogens (tertiary/aromatic N) is 1. The normalized spacial score (nSPS) is 38.3. The molecule has 4 aliphatic rings. The van der Waals surface area contributed by atoms with Gasteiger partial charge in [-0.05, 0) is 75.2 Å². The maximum Gasteiger partial charge on any atom is 0.213 e. The lowest BCUT2D eigenvalue weighted by Crippen LogP contribution is -2.61. The summed E-state index contributed by atoms with van der Waals surface area (Å²) in [5.41, 5.74) is 1.10. The molecule has 3 unspecified atom stereocenters. The third-order valence-electron chi connectivity index (χ3n) is 6.70. The Labute approximate surface area is 145 Å². The number of aliphatic hydroxyl groups is 1. The molecule has 4 fully saturated rings. The van der Waals surface area contributed by atoms with Crippen molar-refractivity contribution in [2.75, 3.05) is 6.61 Å². The second kappa shape index (κ2) is 5.99. The monoisotopic (exact) mass is 330 g/mol. The van der Waals surface area contributed by atoms with Gasteiger partial charge in [-0.2, -0.15) is 0 Å². The van der Waals surface area contributed by atoms with Crippen molar-refractivity contribution in [3.63, 3.8) is 0 Å². The molecule has 0 amide bonds. The van der Waals surface area contributed by atoms with Crippen molar-refractivity contribution in [3.05, 3.63) is 23.9 Å². The van der Waals surface area contributed by atoms with E-state index in [9.17, 15) is 5.11 Å². The summed E-state index contributed by atoms with van der Waals surface area (Å²) in [6.07, 6.45) is 8.91. The highest BCUT2D eigenvalue weighted by atomic mass is 16.5. The first kappa shape index (κ1) is 16.3. The van der Waals surface area contributed by atoms with E-state index in [0.717, 1.165) is 37.6 Å². The van der Waals surface area contributed by atoms with Gasteiger partial charge in [0, 0.05) is 24.8 Å². The highest BCUT2D eigenvalue weighted by Crippen LogP contribution is 2.62. The van der Waals surface area contributed by atoms with E-state index in [1.165, 1.54) is 24.8 Å². The zero-order valence-electron chi connectivity index (χ0n) is 14.9. The van der Waals surface area contributed by atoms with Gasteiger partial charge < -0.3 is 15.2 Å². The van der Waals surface area contributed by atoms with Crippen molar-refractivity contribution < 1.29 is 9.84 Å². The Balaban J connectivity index is 1.40. The maximum absolute atomic E-state index is 10.9. The van der Waals surface area contributed by atoms with Gasteiger partial charge >= 0.3 is 0 Å². The Bertz CT molecular complexity index is 572. The lowest BCUT2D eigenvalue weighted by Gasteiger charge is -2.62. The Morgan fingerprint density at radius 3 is 2.62 bits per heavy atom. The van der Waals surface area contributed by atoms with Crippen LogP contribution in [0.2, 0.25) is 0 Å². The molecule has 4 nitrogen and oxygen atoms in total. The number of pyridine rings is 1. The Kier molecular flexibility index (Phi) is 4.08. The zero-order valence-corrected chi connectivity index (χ0v) is 14.9. The highest BCUT2D eigenvalue weighted by molar-refractivity contribution is 5.18. The number of nitrogens with one attached hydrogen (secondary N) is 1. The molecule has 24 heavy (non-hydrogen) atoms. The number of aromatic nitrogens is 1. The summed E-state index contributed by atoms with van der Waals surface area (Å²) in [4.78, 5) is 4.35. The molecule has 0 aliphatic heterocycles. The zero-order chi connectivity index (χ0) is 16.8. The number of rotatable bonds is 6. The van der Waals surface area contributed by atoms with Crippen molar-refractivity contribution >= 4 is 0 Å². The van der Waals surface area contributed by atoms with Crippen LogP contribution in [0, 0.1) is 17.3 Å². The Morgan fingerprint density at radius 1 is 1.29 bits per heavy atom. The average Bonchev–Trinajstić information content (AvgIpc) is 2.52. The molecule has 3 atom stereocenters. The first-order valence-corrected chi connectivity index (χ1v) is 9.54. The van der Waals surface area contributed by atoms with Crippen molar-refractivity contribution in [2.24, 2.45) is 17.3 Å². The molecule has 4 heteroatoms. The summed E-state index contributed by atoms with van der Waals surface area (Å²) >= 11 is 0. The lowest BCUT2D eigenvalue weighted by molar-refractivity contribution is -0.172. The number of hydrogen-bond donors (Lipinski definition) is 2. The highest BCUT2D eigenvalue weighted by Gasteiger charge is 2.58. The van der Waals surface area contributed by atoms with Gasteiger partial charge in [0.2, 0.25) is 5.88 Å². The molecule has 5 rings (SSSR count). The molecular weight excluding hydrogens is 300 g/mol. The fourth-order valence-corrected chi connectivity index (χ4v) is 6.03. The van der Waals surface area contributed by atoms with Crippen LogP contribution in [0.3, 0.4) is 0 Å². The van der Waals surface area contributed by atoms with Crippen LogP contribution < -0.4 is 10.1 Å². The predicted molar refractivity (Wildman–Crippen MR) is 93.8 cm³/mol. The van der Waals surface area contributed by atoms with Crippen LogP contribution in [-0.2, 0) is 6.54 Å². The van der Waals surface area contributed by atoms with E-state index >= 15 is 0 Å². The number of ether oxygens (including phenoxy) is 1. The summed E-state index contributed by atoms with van der Waals surface area (Å²) in [6, 6.07) is 4.46. The van der Waals surface area contributed by atoms with Gasteiger partial charge in [0.05, 0.1) is 12.2 Å². The van der Waals surface area contributed by atoms with E-state index in [2.05, 4.69) is 23.3 Å². The molecule has 1 heterocycles. The van der Waals surface area contributed by atoms with E-state index in [1.54, 1.807) is 0 Å². The fourth-order valence-electron chi connectivity index (χ4n) is 6.03. The van der Waals surface area contributed by atoms with E-state index in [1.807, 2.05) is 19.2 Å². The lowest BCUT2D eigenvalue weighted by atomic mass is 9.46. The minimum Gasteiger partial charge on any atom is -0.478 e. The molecule has 0 radical (unpaired) electrons. The average molecular weight is 330 g/mol. The largest absolute Gasteiger partial charge is 0.478 e. The Hall–Kier alpha value is -1.13. The van der Waals surface area contributed by atoms with E-state index in [-0.39, 0.29) is 11.0 Å². The summed E-state index contributed by atoms with van der Waals surface area (Å²) in [7, 11) is 0. The van der Waals surface area contributed by atoms with E-state index < -0.39 is 0 Å². The quantitative estimate of drug-likeness (QED) is 0.840. The maximum atomic E-state index is 10.9. The molecule has 0 spiro atoms. The first-order chi connectivity index (χ1) is 11.5. The van der Waals surface area contributed by atoms with Gasteiger partial charge in [0.15, 0.2) is 0 Å². The smallest absolute Gasteiger partial charge is 0.213 e. The van der Waals surface area contributed by atoms with Crippen LogP contribution in [-0.4, -0.2) is 28.3 Å². The van der Waals surface area contributed by atoms with Gasteiger partial charge in [-0.1, -0.05) is 6.07 Å². The van der Waals surface area contributed by atoms with Gasteiger partial charge in [0.1, 0.15) is 0 Å². The summed E-state index contributed by atoms with van der Waals surface area (Å²) in [5, 5.41) is 14.7. The third-order valence-corrected chi connectivity index (χ3v) is 6.70. The van der Waals surface area contributed by atoms with Crippen LogP contribution in [0.15, 0.2) is 18.3 Å². The molecule has 2 N–H and O–H groups in total. The van der Waals surface area contributed by atoms with Crippen LogP contribution >= 0.6 is 0 Å². The van der Waals surface area contributed by atoms with Crippen molar-refractivity contribution in [3.8, 4) is 5.88 Å². The molecule has 0 saturated heterocycles. The first-order valence-electron chi connectivity index (χ1n) is 9.54. The summed E-state index contributed by atoms with van der Waals surface area (Å²) < 4.78 is 5.40. The molecule has 4 aliphatic carbocycles. The van der Waals surface area contributed by atoms with Crippen molar-refractivity contribution in [2.45, 2.75) is 70.6 Å². The number of hydrogen-bond acceptors (Lipinski definition) is 4. The fraction of sp³-hybridized carbons (Fsp3) is 0.750. The van der Waals surface area contributed by atoms with Gasteiger partial charge in [0.25, 0.3) is 0 Å². The molecule has 132 valence electrons. The van der Waals surface area contributed by atoms with Crippen LogP contribution in [0.1, 0.15) is 57.9 Å². The van der Waals surface area contributed by atoms with Gasteiger partial charge in [-0.25, -0.2) is 4.98 Å². The molecular formula is C20H30N2O2. The standard InChI is InChI=1S/C20H30N2O2/c1-3-24-18-5-4-15(12-22-18)11-21-14(2)19-7-16-6-17(8-19)10-20(23,9-16)13-19/h4-5,12,14,16-17,21,23H,3,6-11,13H2,1-2H3. The van der Waals surface area contributed by atoms with E-state index in [4.69, 9.17) is 4.74 Å². The molecule has 1 aromatic rings. The van der Waals surface area contributed by atoms with E-state index in [0.29, 0.717) is 18.5 Å². The minimum absolute atomic E-state index is 0.289. The van der Waals surface area contributed by atoms with Crippen LogP contribution in [0.5, 0.6) is 5.88 Å². The topological polar surface area (TPSA) is 54.4 Å². The summed E-state index contributed by atoms with van der Waals surface area (Å²) in [5.74, 6) is 2.18. The predicted octanol–water partition coefficient (Wildman–Crippen LogP) is 3.29. The van der Waals surface area contributed by atoms with Crippen LogP contribution in [0.4, 0.5) is 0 Å². The second-order valence-electron chi connectivity index (χ2n) is 8.59. The Morgan fingerprint density at radius 2 is 2.04 bits per heavy atom.